The van der Waals surface area contributed by atoms with E-state index in [-0.39, 0.29) is 5.91 Å². The van der Waals surface area contributed by atoms with E-state index in [0.29, 0.717) is 19.0 Å². The second-order valence-electron chi connectivity index (χ2n) is 6.25. The van der Waals surface area contributed by atoms with Crippen LogP contribution in [0.2, 0.25) is 0 Å². The average Bonchev–Trinajstić information content (AvgIpc) is 2.65. The van der Waals surface area contributed by atoms with E-state index in [1.165, 1.54) is 11.8 Å². The predicted molar refractivity (Wildman–Crippen MR) is 92.4 cm³/mol. The first-order chi connectivity index (χ1) is 11.6. The standard InChI is InChI=1S/C18H22N2O3S/c1-20(18(13-19)7-3-2-4-8-18)17(21)12-24-14-5-6-15-16(11-14)23-10-9-22-15/h5-6,11H,2-4,7-10,12H2,1H3. The molecule has 0 unspecified atom stereocenters. The van der Waals surface area contributed by atoms with Crippen LogP contribution in [0.15, 0.2) is 23.1 Å². The maximum atomic E-state index is 12.6. The van der Waals surface area contributed by atoms with E-state index >= 15 is 0 Å². The molecule has 1 saturated carbocycles. The van der Waals surface area contributed by atoms with Crippen molar-refractivity contribution in [1.82, 2.24) is 4.90 Å². The Labute approximate surface area is 146 Å². The van der Waals surface area contributed by atoms with Crippen LogP contribution in [0.4, 0.5) is 0 Å². The normalized spacial score (nSPS) is 18.5. The number of nitrogens with zero attached hydrogens (tertiary/aromatic N) is 2. The molecule has 1 fully saturated rings. The summed E-state index contributed by atoms with van der Waals surface area (Å²) in [6.07, 6.45) is 4.74. The number of hydrogen-bond donors (Lipinski definition) is 0. The highest BCUT2D eigenvalue weighted by atomic mass is 32.2. The molecule has 3 rings (SSSR count). The average molecular weight is 346 g/mol. The summed E-state index contributed by atoms with van der Waals surface area (Å²) in [7, 11) is 1.77. The Kier molecular flexibility index (Phi) is 5.20. The van der Waals surface area contributed by atoms with Gasteiger partial charge in [0.05, 0.1) is 11.8 Å². The Morgan fingerprint density at radius 3 is 2.67 bits per heavy atom. The van der Waals surface area contributed by atoms with Crippen LogP contribution in [-0.4, -0.2) is 42.4 Å². The molecular formula is C18H22N2O3S. The van der Waals surface area contributed by atoms with Gasteiger partial charge in [-0.1, -0.05) is 19.3 Å². The van der Waals surface area contributed by atoms with E-state index in [1.807, 2.05) is 18.2 Å². The van der Waals surface area contributed by atoms with Gasteiger partial charge in [-0.05, 0) is 31.0 Å². The van der Waals surface area contributed by atoms with Crippen LogP contribution in [0.5, 0.6) is 11.5 Å². The number of hydrogen-bond acceptors (Lipinski definition) is 5. The second kappa shape index (κ2) is 7.35. The molecule has 1 aromatic rings. The molecule has 0 N–H and O–H groups in total. The van der Waals surface area contributed by atoms with Crippen molar-refractivity contribution in [3.8, 4) is 17.6 Å². The lowest BCUT2D eigenvalue weighted by atomic mass is 9.81. The monoisotopic (exact) mass is 346 g/mol. The van der Waals surface area contributed by atoms with Gasteiger partial charge in [-0.25, -0.2) is 0 Å². The number of thioether (sulfide) groups is 1. The van der Waals surface area contributed by atoms with E-state index < -0.39 is 5.54 Å². The number of amides is 1. The fourth-order valence-electron chi connectivity index (χ4n) is 3.25. The quantitative estimate of drug-likeness (QED) is 0.783. The molecule has 0 radical (unpaired) electrons. The van der Waals surface area contributed by atoms with Crippen LogP contribution < -0.4 is 9.47 Å². The van der Waals surface area contributed by atoms with Gasteiger partial charge in [0.1, 0.15) is 18.8 Å². The summed E-state index contributed by atoms with van der Waals surface area (Å²) in [5.41, 5.74) is -0.622. The van der Waals surface area contributed by atoms with Crippen molar-refractivity contribution in [2.45, 2.75) is 42.5 Å². The summed E-state index contributed by atoms with van der Waals surface area (Å²) in [4.78, 5) is 15.2. The molecule has 0 saturated heterocycles. The molecule has 0 spiro atoms. The zero-order chi connectivity index (χ0) is 17.0. The number of benzene rings is 1. The highest BCUT2D eigenvalue weighted by molar-refractivity contribution is 8.00. The number of rotatable bonds is 4. The topological polar surface area (TPSA) is 62.6 Å². The maximum absolute atomic E-state index is 12.6. The van der Waals surface area contributed by atoms with Gasteiger partial charge in [0.2, 0.25) is 5.91 Å². The number of fused-ring (bicyclic) bond motifs is 1. The molecule has 6 heteroatoms. The van der Waals surface area contributed by atoms with Crippen molar-refractivity contribution in [1.29, 1.82) is 5.26 Å². The van der Waals surface area contributed by atoms with Gasteiger partial charge in [-0.2, -0.15) is 5.26 Å². The fraction of sp³-hybridized carbons (Fsp3) is 0.556. The minimum atomic E-state index is -0.622. The molecule has 0 bridgehead atoms. The minimum Gasteiger partial charge on any atom is -0.486 e. The van der Waals surface area contributed by atoms with E-state index in [1.54, 1.807) is 11.9 Å². The number of ether oxygens (including phenoxy) is 2. The Hall–Kier alpha value is -1.87. The third kappa shape index (κ3) is 3.46. The van der Waals surface area contributed by atoms with E-state index in [0.717, 1.165) is 48.5 Å². The van der Waals surface area contributed by atoms with E-state index in [4.69, 9.17) is 9.47 Å². The molecule has 0 atom stereocenters. The van der Waals surface area contributed by atoms with E-state index in [2.05, 4.69) is 6.07 Å². The molecule has 0 aromatic heterocycles. The van der Waals surface area contributed by atoms with Gasteiger partial charge in [-0.15, -0.1) is 11.8 Å². The first-order valence-corrected chi connectivity index (χ1v) is 9.33. The fourth-order valence-corrected chi connectivity index (χ4v) is 4.09. The lowest BCUT2D eigenvalue weighted by molar-refractivity contribution is -0.131. The van der Waals surface area contributed by atoms with Crippen molar-refractivity contribution < 1.29 is 14.3 Å². The number of carbonyl (C=O) groups excluding carboxylic acids is 1. The van der Waals surface area contributed by atoms with Crippen LogP contribution in [0.3, 0.4) is 0 Å². The highest BCUT2D eigenvalue weighted by Gasteiger charge is 2.38. The van der Waals surface area contributed by atoms with Gasteiger partial charge in [0.15, 0.2) is 11.5 Å². The summed E-state index contributed by atoms with van der Waals surface area (Å²) >= 11 is 1.47. The largest absolute Gasteiger partial charge is 0.486 e. The Bertz CT molecular complexity index is 650. The van der Waals surface area contributed by atoms with Crippen molar-refractivity contribution in [2.24, 2.45) is 0 Å². The summed E-state index contributed by atoms with van der Waals surface area (Å²) in [6.45, 7) is 1.12. The second-order valence-corrected chi connectivity index (χ2v) is 7.30. The predicted octanol–water partition coefficient (Wildman–Crippen LogP) is 3.23. The lowest BCUT2D eigenvalue weighted by Crippen LogP contribution is -2.50. The Balaban J connectivity index is 1.61. The van der Waals surface area contributed by atoms with Gasteiger partial charge in [0.25, 0.3) is 0 Å². The molecule has 2 aliphatic rings. The van der Waals surface area contributed by atoms with E-state index in [9.17, 15) is 10.1 Å². The highest BCUT2D eigenvalue weighted by Crippen LogP contribution is 2.35. The first-order valence-electron chi connectivity index (χ1n) is 8.35. The molecular weight excluding hydrogens is 324 g/mol. The van der Waals surface area contributed by atoms with Crippen molar-refractivity contribution in [3.63, 3.8) is 0 Å². The number of carbonyl (C=O) groups is 1. The van der Waals surface area contributed by atoms with Crippen LogP contribution in [0.25, 0.3) is 0 Å². The lowest BCUT2D eigenvalue weighted by Gasteiger charge is -2.39. The Morgan fingerprint density at radius 2 is 1.96 bits per heavy atom. The first kappa shape index (κ1) is 17.0. The molecule has 1 amide bonds. The van der Waals surface area contributed by atoms with Gasteiger partial charge >= 0.3 is 0 Å². The van der Waals surface area contributed by atoms with Crippen LogP contribution in [0, 0.1) is 11.3 Å². The third-order valence-corrected chi connectivity index (χ3v) is 5.76. The molecule has 1 aromatic carbocycles. The van der Waals surface area contributed by atoms with Gasteiger partial charge in [0, 0.05) is 11.9 Å². The smallest absolute Gasteiger partial charge is 0.233 e. The van der Waals surface area contributed by atoms with Crippen LogP contribution in [0.1, 0.15) is 32.1 Å². The van der Waals surface area contributed by atoms with Gasteiger partial charge in [-0.3, -0.25) is 4.79 Å². The summed E-state index contributed by atoms with van der Waals surface area (Å²) in [5, 5.41) is 9.60. The molecule has 24 heavy (non-hydrogen) atoms. The molecule has 1 heterocycles. The zero-order valence-electron chi connectivity index (χ0n) is 13.9. The SMILES string of the molecule is CN(C(=O)CSc1ccc2c(c1)OCCO2)C1(C#N)CCCCC1. The van der Waals surface area contributed by atoms with Crippen LogP contribution >= 0.6 is 11.8 Å². The van der Waals surface area contributed by atoms with Gasteiger partial charge < -0.3 is 14.4 Å². The van der Waals surface area contributed by atoms with Crippen LogP contribution in [-0.2, 0) is 4.79 Å². The van der Waals surface area contributed by atoms with Crippen molar-refractivity contribution in [2.75, 3.05) is 26.0 Å². The third-order valence-electron chi connectivity index (χ3n) is 4.78. The summed E-state index contributed by atoms with van der Waals surface area (Å²) in [6, 6.07) is 8.12. The van der Waals surface area contributed by atoms with Crippen molar-refractivity contribution in [3.05, 3.63) is 18.2 Å². The summed E-state index contributed by atoms with van der Waals surface area (Å²) in [5.74, 6) is 1.80. The molecule has 128 valence electrons. The van der Waals surface area contributed by atoms with Crippen molar-refractivity contribution >= 4 is 17.7 Å². The number of nitriles is 1. The Morgan fingerprint density at radius 1 is 1.25 bits per heavy atom. The molecule has 1 aliphatic carbocycles. The molecule has 1 aliphatic heterocycles. The summed E-state index contributed by atoms with van der Waals surface area (Å²) < 4.78 is 11.1. The molecule has 5 nitrogen and oxygen atoms in total. The minimum absolute atomic E-state index is 0.00154. The zero-order valence-corrected chi connectivity index (χ0v) is 14.7. The maximum Gasteiger partial charge on any atom is 0.233 e.